The number of carboxylic acids is 1. The molecule has 3 rings (SSSR count). The predicted octanol–water partition coefficient (Wildman–Crippen LogP) is 3.63. The summed E-state index contributed by atoms with van der Waals surface area (Å²) in [4.78, 5) is 15.6. The van der Waals surface area contributed by atoms with Gasteiger partial charge in [0.25, 0.3) is 0 Å². The number of carboxylic acid groups (broad SMARTS) is 1. The zero-order chi connectivity index (χ0) is 15.4. The van der Waals surface area contributed by atoms with Crippen molar-refractivity contribution in [1.29, 1.82) is 0 Å². The second kappa shape index (κ2) is 4.66. The van der Waals surface area contributed by atoms with E-state index in [1.807, 2.05) is 39.0 Å². The van der Waals surface area contributed by atoms with Gasteiger partial charge in [-0.1, -0.05) is 34.9 Å². The first-order valence-corrected chi connectivity index (χ1v) is 7.44. The number of rotatable bonds is 3. The van der Waals surface area contributed by atoms with Crippen molar-refractivity contribution < 1.29 is 14.4 Å². The summed E-state index contributed by atoms with van der Waals surface area (Å²) in [5.41, 5.74) is 1.57. The Morgan fingerprint density at radius 1 is 1.43 bits per heavy atom. The zero-order valence-electron chi connectivity index (χ0n) is 11.9. The Balaban J connectivity index is 1.93. The van der Waals surface area contributed by atoms with Crippen molar-refractivity contribution in [3.8, 4) is 11.4 Å². The van der Waals surface area contributed by atoms with Gasteiger partial charge in [0.1, 0.15) is 0 Å². The Hall–Kier alpha value is -1.69. The number of nitrogens with zero attached hydrogens (tertiary/aromatic N) is 2. The van der Waals surface area contributed by atoms with Crippen molar-refractivity contribution in [2.45, 2.75) is 26.7 Å². The number of hydrogen-bond acceptors (Lipinski definition) is 4. The Kier molecular flexibility index (Phi) is 3.16. The first kappa shape index (κ1) is 14.3. The molecule has 1 N–H and O–H groups in total. The van der Waals surface area contributed by atoms with Gasteiger partial charge in [-0.25, -0.2) is 0 Å². The molecule has 0 radical (unpaired) electrons. The second-order valence-electron chi connectivity index (χ2n) is 6.03. The molecule has 110 valence electrons. The van der Waals surface area contributed by atoms with E-state index < -0.39 is 11.9 Å². The first-order valence-electron chi connectivity index (χ1n) is 6.65. The molecule has 1 aromatic carbocycles. The number of aromatic nitrogens is 2. The lowest BCUT2D eigenvalue weighted by Crippen LogP contribution is -2.03. The molecule has 1 aromatic heterocycles. The molecule has 0 spiro atoms. The fourth-order valence-corrected chi connectivity index (χ4v) is 3.38. The summed E-state index contributed by atoms with van der Waals surface area (Å²) in [6.07, 6.45) is 0. The summed E-state index contributed by atoms with van der Waals surface area (Å²) in [7, 11) is 0. The van der Waals surface area contributed by atoms with E-state index in [2.05, 4.69) is 26.1 Å². The van der Waals surface area contributed by atoms with Crippen LogP contribution in [0.4, 0.5) is 0 Å². The third-order valence-electron chi connectivity index (χ3n) is 4.23. The Bertz CT molecular complexity index is 723. The summed E-state index contributed by atoms with van der Waals surface area (Å²) in [6.45, 7) is 5.79. The fraction of sp³-hybridized carbons (Fsp3) is 0.400. The Morgan fingerprint density at radius 2 is 2.14 bits per heavy atom. The van der Waals surface area contributed by atoms with Crippen molar-refractivity contribution in [2.24, 2.45) is 11.3 Å². The molecule has 0 amide bonds. The zero-order valence-corrected chi connectivity index (χ0v) is 13.5. The molecule has 2 unspecified atom stereocenters. The van der Waals surface area contributed by atoms with E-state index in [9.17, 15) is 9.90 Å². The lowest BCUT2D eigenvalue weighted by atomic mass is 10.1. The molecule has 0 saturated heterocycles. The standard InChI is InChI=1S/C15H15BrN2O3/c1-7-6-8(16)4-5-9(7)12-17-13(21-18-12)10-11(14(19)20)15(10,2)3/h4-6,10-11H,1-3H3,(H,19,20). The predicted molar refractivity (Wildman–Crippen MR) is 79.8 cm³/mol. The highest BCUT2D eigenvalue weighted by atomic mass is 79.9. The quantitative estimate of drug-likeness (QED) is 0.914. The van der Waals surface area contributed by atoms with Crippen LogP contribution in [0.1, 0.15) is 31.2 Å². The van der Waals surface area contributed by atoms with Gasteiger partial charge in [-0.15, -0.1) is 0 Å². The van der Waals surface area contributed by atoms with Crippen LogP contribution < -0.4 is 0 Å². The molecule has 2 atom stereocenters. The van der Waals surface area contributed by atoms with Crippen LogP contribution in [0.2, 0.25) is 0 Å². The van der Waals surface area contributed by atoms with Crippen LogP contribution in [0, 0.1) is 18.3 Å². The van der Waals surface area contributed by atoms with E-state index in [1.54, 1.807) is 0 Å². The van der Waals surface area contributed by atoms with Gasteiger partial charge < -0.3 is 9.63 Å². The van der Waals surface area contributed by atoms with Crippen LogP contribution >= 0.6 is 15.9 Å². The SMILES string of the molecule is Cc1cc(Br)ccc1-c1noc(C2C(C(=O)O)C2(C)C)n1. The van der Waals surface area contributed by atoms with Crippen LogP contribution in [0.15, 0.2) is 27.2 Å². The maximum atomic E-state index is 11.2. The average Bonchev–Trinajstić information content (AvgIpc) is 2.75. The molecular formula is C15H15BrN2O3. The van der Waals surface area contributed by atoms with Crippen molar-refractivity contribution >= 4 is 21.9 Å². The fourth-order valence-electron chi connectivity index (χ4n) is 2.91. The van der Waals surface area contributed by atoms with Crippen molar-refractivity contribution in [3.63, 3.8) is 0 Å². The summed E-state index contributed by atoms with van der Waals surface area (Å²) < 4.78 is 6.30. The van der Waals surface area contributed by atoms with Crippen LogP contribution in [-0.4, -0.2) is 21.2 Å². The summed E-state index contributed by atoms with van der Waals surface area (Å²) in [5.74, 6) is -0.583. The number of halogens is 1. The van der Waals surface area contributed by atoms with E-state index in [-0.39, 0.29) is 11.3 Å². The second-order valence-corrected chi connectivity index (χ2v) is 6.95. The van der Waals surface area contributed by atoms with Crippen LogP contribution in [0.5, 0.6) is 0 Å². The Morgan fingerprint density at radius 3 is 2.71 bits per heavy atom. The number of aryl methyl sites for hydroxylation is 1. The summed E-state index contributed by atoms with van der Waals surface area (Å²) in [6, 6.07) is 5.81. The van der Waals surface area contributed by atoms with Gasteiger partial charge in [0.05, 0.1) is 11.8 Å². The van der Waals surface area contributed by atoms with Crippen molar-refractivity contribution in [3.05, 3.63) is 34.1 Å². The molecule has 0 bridgehead atoms. The molecule has 1 fully saturated rings. The first-order chi connectivity index (χ1) is 9.82. The number of benzene rings is 1. The lowest BCUT2D eigenvalue weighted by molar-refractivity contribution is -0.139. The lowest BCUT2D eigenvalue weighted by Gasteiger charge is -2.00. The maximum absolute atomic E-state index is 11.2. The Labute approximate surface area is 130 Å². The molecule has 0 aliphatic heterocycles. The van der Waals surface area contributed by atoms with Crippen LogP contribution in [0.3, 0.4) is 0 Å². The topological polar surface area (TPSA) is 76.2 Å². The molecule has 2 aromatic rings. The van der Waals surface area contributed by atoms with Gasteiger partial charge in [0, 0.05) is 10.0 Å². The molecule has 5 nitrogen and oxygen atoms in total. The van der Waals surface area contributed by atoms with Gasteiger partial charge in [0.2, 0.25) is 11.7 Å². The molecule has 1 aliphatic carbocycles. The molecule has 21 heavy (non-hydrogen) atoms. The molecule has 1 aliphatic rings. The van der Waals surface area contributed by atoms with E-state index in [1.165, 1.54) is 0 Å². The van der Waals surface area contributed by atoms with E-state index in [0.717, 1.165) is 15.6 Å². The molecule has 1 saturated carbocycles. The summed E-state index contributed by atoms with van der Waals surface area (Å²) in [5, 5.41) is 13.2. The monoisotopic (exact) mass is 350 g/mol. The third kappa shape index (κ3) is 2.27. The summed E-state index contributed by atoms with van der Waals surface area (Å²) >= 11 is 3.42. The number of carbonyl (C=O) groups is 1. The highest BCUT2D eigenvalue weighted by Gasteiger charge is 2.65. The molecule has 6 heteroatoms. The van der Waals surface area contributed by atoms with Crippen molar-refractivity contribution in [2.75, 3.05) is 0 Å². The molecule has 1 heterocycles. The van der Waals surface area contributed by atoms with Gasteiger partial charge >= 0.3 is 5.97 Å². The van der Waals surface area contributed by atoms with Crippen LogP contribution in [-0.2, 0) is 4.79 Å². The number of aliphatic carboxylic acids is 1. The minimum Gasteiger partial charge on any atom is -0.481 e. The largest absolute Gasteiger partial charge is 0.481 e. The maximum Gasteiger partial charge on any atom is 0.307 e. The smallest absolute Gasteiger partial charge is 0.307 e. The number of hydrogen-bond donors (Lipinski definition) is 1. The van der Waals surface area contributed by atoms with Gasteiger partial charge in [-0.2, -0.15) is 4.98 Å². The highest BCUT2D eigenvalue weighted by molar-refractivity contribution is 9.10. The molecular weight excluding hydrogens is 336 g/mol. The average molecular weight is 351 g/mol. The van der Waals surface area contributed by atoms with Gasteiger partial charge in [-0.3, -0.25) is 4.79 Å². The van der Waals surface area contributed by atoms with Crippen molar-refractivity contribution in [1.82, 2.24) is 10.1 Å². The minimum absolute atomic E-state index is 0.216. The van der Waals surface area contributed by atoms with Crippen LogP contribution in [0.25, 0.3) is 11.4 Å². The van der Waals surface area contributed by atoms with E-state index in [4.69, 9.17) is 4.52 Å². The van der Waals surface area contributed by atoms with Gasteiger partial charge in [0.15, 0.2) is 0 Å². The van der Waals surface area contributed by atoms with E-state index >= 15 is 0 Å². The normalized spacial score (nSPS) is 23.0. The minimum atomic E-state index is -0.815. The van der Waals surface area contributed by atoms with E-state index in [0.29, 0.717) is 11.7 Å². The third-order valence-corrected chi connectivity index (χ3v) is 4.72. The highest BCUT2D eigenvalue weighted by Crippen LogP contribution is 2.64. The van der Waals surface area contributed by atoms with Gasteiger partial charge in [-0.05, 0) is 36.1 Å².